The third kappa shape index (κ3) is 3.88. The summed E-state index contributed by atoms with van der Waals surface area (Å²) in [4.78, 5) is 10.6. The minimum Gasteiger partial charge on any atom is -0.478 e. The fourth-order valence-corrected chi connectivity index (χ4v) is 3.10. The molecule has 1 N–H and O–H groups in total. The second kappa shape index (κ2) is 6.95. The summed E-state index contributed by atoms with van der Waals surface area (Å²) in [5.41, 5.74) is 5.45. The maximum atomic E-state index is 10.6. The van der Waals surface area contributed by atoms with Gasteiger partial charge in [0.05, 0.1) is 0 Å². The van der Waals surface area contributed by atoms with Crippen molar-refractivity contribution < 1.29 is 9.90 Å². The number of benzene rings is 1. The lowest BCUT2D eigenvalue weighted by atomic mass is 9.88. The summed E-state index contributed by atoms with van der Waals surface area (Å²) < 4.78 is 0. The monoisotopic (exact) mass is 298 g/mol. The van der Waals surface area contributed by atoms with E-state index in [1.807, 2.05) is 13.0 Å². The van der Waals surface area contributed by atoms with Crippen LogP contribution in [0.5, 0.6) is 0 Å². The Bertz CT molecular complexity index is 604. The van der Waals surface area contributed by atoms with E-state index in [9.17, 15) is 4.79 Å². The Labute approximate surface area is 133 Å². The van der Waals surface area contributed by atoms with E-state index in [2.05, 4.69) is 38.1 Å². The molecular weight excluding hydrogens is 272 g/mol. The van der Waals surface area contributed by atoms with Crippen LogP contribution in [0, 0.1) is 0 Å². The summed E-state index contributed by atoms with van der Waals surface area (Å²) in [6.45, 7) is 6.26. The fourth-order valence-electron chi connectivity index (χ4n) is 3.10. The molecule has 2 nitrogen and oxygen atoms in total. The molecular formula is C20H26O2. The van der Waals surface area contributed by atoms with E-state index in [0.29, 0.717) is 0 Å². The minimum absolute atomic E-state index is 0.288. The van der Waals surface area contributed by atoms with Gasteiger partial charge >= 0.3 is 5.97 Å². The van der Waals surface area contributed by atoms with Gasteiger partial charge in [0, 0.05) is 6.08 Å². The van der Waals surface area contributed by atoms with E-state index in [-0.39, 0.29) is 5.41 Å². The molecule has 1 saturated carbocycles. The van der Waals surface area contributed by atoms with E-state index in [1.54, 1.807) is 0 Å². The number of hydrogen-bond acceptors (Lipinski definition) is 1. The molecule has 0 atom stereocenters. The van der Waals surface area contributed by atoms with E-state index in [4.69, 9.17) is 5.11 Å². The Kier molecular flexibility index (Phi) is 5.23. The molecule has 2 heteroatoms. The molecule has 0 saturated heterocycles. The molecule has 0 spiro atoms. The molecule has 2 rings (SSSR count). The van der Waals surface area contributed by atoms with Crippen LogP contribution in [-0.4, -0.2) is 11.1 Å². The number of carboxylic acids is 1. The smallest absolute Gasteiger partial charge is 0.328 e. The highest BCUT2D eigenvalue weighted by Crippen LogP contribution is 2.51. The second-order valence-electron chi connectivity index (χ2n) is 6.30. The third-order valence-electron chi connectivity index (χ3n) is 4.67. The fraction of sp³-hybridized carbons (Fsp3) is 0.450. The zero-order valence-electron chi connectivity index (χ0n) is 13.9. The molecule has 118 valence electrons. The average Bonchev–Trinajstić information content (AvgIpc) is 3.26. The van der Waals surface area contributed by atoms with Crippen LogP contribution in [0.2, 0.25) is 0 Å². The number of aryl methyl sites for hydroxylation is 2. The molecule has 0 bridgehead atoms. The standard InChI is InChI=1S/C20H26O2/c1-4-16-8-9-18(14-17(16)5-2)20(11-12-20)10-6-7-15(3)13-19(21)22/h6-9,13-14H,4-5,10-12H2,1-3H3,(H,21,22). The summed E-state index contributed by atoms with van der Waals surface area (Å²) in [5, 5.41) is 8.73. The van der Waals surface area contributed by atoms with Gasteiger partial charge in [0.1, 0.15) is 0 Å². The molecule has 1 aromatic rings. The number of carboxylic acid groups (broad SMARTS) is 1. The van der Waals surface area contributed by atoms with Gasteiger partial charge in [-0.1, -0.05) is 44.2 Å². The SMILES string of the molecule is CCc1ccc(C2(CC=CC(C)=CC(=O)O)CC2)cc1CC. The van der Waals surface area contributed by atoms with Gasteiger partial charge in [0.25, 0.3) is 0 Å². The van der Waals surface area contributed by atoms with Gasteiger partial charge < -0.3 is 5.11 Å². The van der Waals surface area contributed by atoms with Crippen molar-refractivity contribution >= 4 is 5.97 Å². The summed E-state index contributed by atoms with van der Waals surface area (Å²) in [6, 6.07) is 6.96. The van der Waals surface area contributed by atoms with E-state index >= 15 is 0 Å². The van der Waals surface area contributed by atoms with Crippen LogP contribution in [0.1, 0.15) is 56.7 Å². The van der Waals surface area contributed by atoms with Crippen LogP contribution in [0.4, 0.5) is 0 Å². The topological polar surface area (TPSA) is 37.3 Å². The van der Waals surface area contributed by atoms with E-state index < -0.39 is 5.97 Å². The molecule has 1 aliphatic rings. The van der Waals surface area contributed by atoms with Crippen molar-refractivity contribution in [2.45, 2.75) is 58.3 Å². The predicted molar refractivity (Wildman–Crippen MR) is 91.3 cm³/mol. The molecule has 1 aromatic carbocycles. The molecule has 0 radical (unpaired) electrons. The van der Waals surface area contributed by atoms with Crippen LogP contribution >= 0.6 is 0 Å². The number of rotatable bonds is 7. The maximum absolute atomic E-state index is 10.6. The second-order valence-corrected chi connectivity index (χ2v) is 6.30. The van der Waals surface area contributed by atoms with Crippen molar-refractivity contribution in [1.29, 1.82) is 0 Å². The maximum Gasteiger partial charge on any atom is 0.328 e. The highest BCUT2D eigenvalue weighted by Gasteiger charge is 2.43. The molecule has 0 heterocycles. The quantitative estimate of drug-likeness (QED) is 0.579. The Hall–Kier alpha value is -1.83. The van der Waals surface area contributed by atoms with E-state index in [1.165, 1.54) is 35.6 Å². The molecule has 0 aromatic heterocycles. The molecule has 0 unspecified atom stereocenters. The van der Waals surface area contributed by atoms with E-state index in [0.717, 1.165) is 24.8 Å². The highest BCUT2D eigenvalue weighted by atomic mass is 16.4. The van der Waals surface area contributed by atoms with Gasteiger partial charge in [-0.25, -0.2) is 4.79 Å². The lowest BCUT2D eigenvalue weighted by Crippen LogP contribution is -2.06. The molecule has 1 aliphatic carbocycles. The lowest BCUT2D eigenvalue weighted by Gasteiger charge is -2.16. The van der Waals surface area contributed by atoms with Crippen molar-refractivity contribution in [2.75, 3.05) is 0 Å². The zero-order valence-corrected chi connectivity index (χ0v) is 13.9. The molecule has 0 amide bonds. The van der Waals surface area contributed by atoms with Crippen molar-refractivity contribution in [2.24, 2.45) is 0 Å². The van der Waals surface area contributed by atoms with Crippen molar-refractivity contribution in [3.8, 4) is 0 Å². The van der Waals surface area contributed by atoms with Crippen LogP contribution < -0.4 is 0 Å². The summed E-state index contributed by atoms with van der Waals surface area (Å²) in [5.74, 6) is -0.883. The normalized spacial score (nSPS) is 17.0. The first-order chi connectivity index (χ1) is 10.5. The zero-order chi connectivity index (χ0) is 16.2. The van der Waals surface area contributed by atoms with Crippen LogP contribution in [0.15, 0.2) is 42.0 Å². The number of aliphatic carboxylic acids is 1. The third-order valence-corrected chi connectivity index (χ3v) is 4.67. The molecule has 22 heavy (non-hydrogen) atoms. The number of carbonyl (C=O) groups is 1. The van der Waals surface area contributed by atoms with Crippen molar-refractivity contribution in [3.63, 3.8) is 0 Å². The predicted octanol–water partition coefficient (Wildman–Crippen LogP) is 4.82. The summed E-state index contributed by atoms with van der Waals surface area (Å²) in [6.07, 6.45) is 10.9. The first-order valence-corrected chi connectivity index (χ1v) is 8.21. The number of allylic oxidation sites excluding steroid dienone is 3. The Morgan fingerprint density at radius 3 is 2.45 bits per heavy atom. The first kappa shape index (κ1) is 16.5. The van der Waals surface area contributed by atoms with Gasteiger partial charge in [-0.05, 0) is 66.7 Å². The van der Waals surface area contributed by atoms with Crippen LogP contribution in [0.25, 0.3) is 0 Å². The van der Waals surface area contributed by atoms with Gasteiger partial charge in [-0.3, -0.25) is 0 Å². The highest BCUT2D eigenvalue weighted by molar-refractivity contribution is 5.81. The Balaban J connectivity index is 2.12. The summed E-state index contributed by atoms with van der Waals surface area (Å²) in [7, 11) is 0. The van der Waals surface area contributed by atoms with Crippen LogP contribution in [0.3, 0.4) is 0 Å². The molecule has 1 fully saturated rings. The van der Waals surface area contributed by atoms with Gasteiger partial charge in [0.15, 0.2) is 0 Å². The van der Waals surface area contributed by atoms with Crippen molar-refractivity contribution in [3.05, 3.63) is 58.7 Å². The van der Waals surface area contributed by atoms with Gasteiger partial charge in [-0.15, -0.1) is 0 Å². The lowest BCUT2D eigenvalue weighted by molar-refractivity contribution is -0.131. The van der Waals surface area contributed by atoms with Gasteiger partial charge in [-0.2, -0.15) is 0 Å². The van der Waals surface area contributed by atoms with Gasteiger partial charge in [0.2, 0.25) is 0 Å². The Morgan fingerprint density at radius 2 is 1.91 bits per heavy atom. The summed E-state index contributed by atoms with van der Waals surface area (Å²) >= 11 is 0. The first-order valence-electron chi connectivity index (χ1n) is 8.21. The Morgan fingerprint density at radius 1 is 1.23 bits per heavy atom. The number of hydrogen-bond donors (Lipinski definition) is 1. The van der Waals surface area contributed by atoms with Crippen molar-refractivity contribution in [1.82, 2.24) is 0 Å². The van der Waals surface area contributed by atoms with Crippen LogP contribution in [-0.2, 0) is 23.1 Å². The largest absolute Gasteiger partial charge is 0.478 e. The molecule has 0 aliphatic heterocycles. The average molecular weight is 298 g/mol. The minimum atomic E-state index is -0.883.